The van der Waals surface area contributed by atoms with Gasteiger partial charge in [0.05, 0.1) is 12.1 Å². The van der Waals surface area contributed by atoms with E-state index in [-0.39, 0.29) is 24.0 Å². The summed E-state index contributed by atoms with van der Waals surface area (Å²) in [5.41, 5.74) is 0.816. The van der Waals surface area contributed by atoms with Crippen LogP contribution in [0.3, 0.4) is 0 Å². The fourth-order valence-electron chi connectivity index (χ4n) is 1.16. The molecule has 0 atom stereocenters. The molecule has 1 aromatic rings. The monoisotopic (exact) mass is 307 g/mol. The smallest absolute Gasteiger partial charge is 0.304 e. The van der Waals surface area contributed by atoms with Gasteiger partial charge in [-0.2, -0.15) is 12.7 Å². The Kier molecular flexibility index (Phi) is 5.27. The van der Waals surface area contributed by atoms with Crippen LogP contribution in [0.1, 0.15) is 31.9 Å². The van der Waals surface area contributed by atoms with Gasteiger partial charge in [-0.05, 0) is 5.92 Å². The first kappa shape index (κ1) is 15.9. The minimum absolute atomic E-state index is 0.0902. The van der Waals surface area contributed by atoms with Crippen molar-refractivity contribution in [3.8, 4) is 0 Å². The van der Waals surface area contributed by atoms with Crippen molar-refractivity contribution in [3.63, 3.8) is 0 Å². The fourth-order valence-corrected chi connectivity index (χ4v) is 3.14. The quantitative estimate of drug-likeness (QED) is 0.791. The number of nitrogens with one attached hydrogen (secondary N) is 1. The molecular weight excluding hydrogens is 290 g/mol. The molecule has 2 N–H and O–H groups in total. The minimum Gasteiger partial charge on any atom is -0.481 e. The molecule has 0 radical (unpaired) electrons. The summed E-state index contributed by atoms with van der Waals surface area (Å²) in [5, 5.41) is 10.6. The van der Waals surface area contributed by atoms with E-state index in [9.17, 15) is 13.2 Å². The Bertz CT molecular complexity index is 539. The van der Waals surface area contributed by atoms with E-state index >= 15 is 0 Å². The number of carboxylic acid groups (broad SMARTS) is 1. The van der Waals surface area contributed by atoms with Crippen LogP contribution in [0.15, 0.2) is 5.38 Å². The number of nitrogens with zero attached hydrogens (tertiary/aromatic N) is 2. The van der Waals surface area contributed by atoms with Crippen LogP contribution in [0.5, 0.6) is 0 Å². The second kappa shape index (κ2) is 6.31. The van der Waals surface area contributed by atoms with Crippen molar-refractivity contribution in [1.29, 1.82) is 0 Å². The molecule has 0 aliphatic carbocycles. The van der Waals surface area contributed by atoms with Crippen molar-refractivity contribution in [1.82, 2.24) is 9.29 Å². The SMILES string of the molecule is CC(C)c1csc(NS(=O)(=O)N(C)CCC(=O)O)n1. The topological polar surface area (TPSA) is 99.6 Å². The van der Waals surface area contributed by atoms with Crippen molar-refractivity contribution >= 4 is 32.6 Å². The van der Waals surface area contributed by atoms with Crippen molar-refractivity contribution in [2.45, 2.75) is 26.2 Å². The Morgan fingerprint density at radius 3 is 2.68 bits per heavy atom. The summed E-state index contributed by atoms with van der Waals surface area (Å²) in [5.74, 6) is -0.822. The Morgan fingerprint density at radius 2 is 2.21 bits per heavy atom. The largest absolute Gasteiger partial charge is 0.481 e. The first-order valence-corrected chi connectivity index (χ1v) is 7.95. The Morgan fingerprint density at radius 1 is 1.58 bits per heavy atom. The van der Waals surface area contributed by atoms with Gasteiger partial charge in [-0.25, -0.2) is 9.71 Å². The van der Waals surface area contributed by atoms with Crippen LogP contribution in [0.25, 0.3) is 0 Å². The van der Waals surface area contributed by atoms with E-state index in [4.69, 9.17) is 5.11 Å². The molecular formula is C10H17N3O4S2. The van der Waals surface area contributed by atoms with E-state index in [1.165, 1.54) is 18.4 Å². The zero-order valence-corrected chi connectivity index (χ0v) is 12.6. The lowest BCUT2D eigenvalue weighted by molar-refractivity contribution is -0.137. The molecule has 0 bridgehead atoms. The second-order valence-electron chi connectivity index (χ2n) is 4.30. The Hall–Kier alpha value is -1.19. The molecule has 0 saturated heterocycles. The third-order valence-electron chi connectivity index (χ3n) is 2.38. The van der Waals surface area contributed by atoms with Gasteiger partial charge >= 0.3 is 16.2 Å². The maximum Gasteiger partial charge on any atom is 0.304 e. The Labute approximate surface area is 116 Å². The number of hydrogen-bond donors (Lipinski definition) is 2. The summed E-state index contributed by atoms with van der Waals surface area (Å²) in [6.07, 6.45) is -0.244. The van der Waals surface area contributed by atoms with E-state index in [0.717, 1.165) is 10.00 Å². The molecule has 1 heterocycles. The van der Waals surface area contributed by atoms with Gasteiger partial charge < -0.3 is 5.11 Å². The standard InChI is InChI=1S/C10H17N3O4S2/c1-7(2)8-6-18-10(11-8)12-19(16,17)13(3)5-4-9(14)15/h6-7H,4-5H2,1-3H3,(H,11,12)(H,14,15). The second-order valence-corrected chi connectivity index (χ2v) is 6.94. The van der Waals surface area contributed by atoms with Crippen LogP contribution in [-0.2, 0) is 15.0 Å². The predicted octanol–water partition coefficient (Wildman–Crippen LogP) is 1.33. The van der Waals surface area contributed by atoms with E-state index in [2.05, 4.69) is 9.71 Å². The molecule has 108 valence electrons. The number of aromatic nitrogens is 1. The highest BCUT2D eigenvalue weighted by Crippen LogP contribution is 2.22. The average Bonchev–Trinajstić information content (AvgIpc) is 2.73. The summed E-state index contributed by atoms with van der Waals surface area (Å²) in [6, 6.07) is 0. The van der Waals surface area contributed by atoms with Crippen molar-refractivity contribution in [3.05, 3.63) is 11.1 Å². The molecule has 1 aromatic heterocycles. The molecule has 0 aliphatic heterocycles. The highest BCUT2D eigenvalue weighted by molar-refractivity contribution is 7.90. The highest BCUT2D eigenvalue weighted by Gasteiger charge is 2.20. The highest BCUT2D eigenvalue weighted by atomic mass is 32.2. The molecule has 1 rings (SSSR count). The van der Waals surface area contributed by atoms with Crippen LogP contribution in [0.4, 0.5) is 5.13 Å². The lowest BCUT2D eigenvalue weighted by Crippen LogP contribution is -2.34. The fraction of sp³-hybridized carbons (Fsp3) is 0.600. The third-order valence-corrected chi connectivity index (χ3v) is 4.74. The first-order valence-electron chi connectivity index (χ1n) is 5.63. The number of carboxylic acids is 1. The molecule has 0 spiro atoms. The molecule has 0 aliphatic rings. The summed E-state index contributed by atoms with van der Waals surface area (Å²) in [7, 11) is -2.43. The minimum atomic E-state index is -3.75. The van der Waals surface area contributed by atoms with Gasteiger partial charge in [0.15, 0.2) is 5.13 Å². The van der Waals surface area contributed by atoms with E-state index in [0.29, 0.717) is 0 Å². The zero-order chi connectivity index (χ0) is 14.6. The lowest BCUT2D eigenvalue weighted by Gasteiger charge is -2.15. The van der Waals surface area contributed by atoms with E-state index < -0.39 is 16.2 Å². The number of rotatable bonds is 7. The molecule has 0 saturated carbocycles. The summed E-state index contributed by atoms with van der Waals surface area (Å²) in [4.78, 5) is 14.6. The Balaban J connectivity index is 2.70. The maximum absolute atomic E-state index is 11.9. The van der Waals surface area contributed by atoms with Gasteiger partial charge in [0.1, 0.15) is 0 Å². The van der Waals surface area contributed by atoms with Crippen molar-refractivity contribution in [2.24, 2.45) is 0 Å². The molecule has 0 amide bonds. The van der Waals surface area contributed by atoms with Crippen LogP contribution in [-0.4, -0.2) is 42.4 Å². The van der Waals surface area contributed by atoms with Gasteiger partial charge in [0.2, 0.25) is 0 Å². The molecule has 0 fully saturated rings. The van der Waals surface area contributed by atoms with Gasteiger partial charge in [0, 0.05) is 19.0 Å². The molecule has 19 heavy (non-hydrogen) atoms. The zero-order valence-electron chi connectivity index (χ0n) is 11.0. The van der Waals surface area contributed by atoms with E-state index in [1.807, 2.05) is 13.8 Å². The van der Waals surface area contributed by atoms with Gasteiger partial charge in [-0.1, -0.05) is 13.8 Å². The number of aliphatic carboxylic acids is 1. The van der Waals surface area contributed by atoms with Gasteiger partial charge in [0.25, 0.3) is 0 Å². The predicted molar refractivity (Wildman–Crippen MR) is 73.6 cm³/mol. The number of hydrogen-bond acceptors (Lipinski definition) is 5. The summed E-state index contributed by atoms with van der Waals surface area (Å²) < 4.78 is 27.0. The first-order chi connectivity index (χ1) is 8.72. The van der Waals surface area contributed by atoms with Crippen LogP contribution in [0, 0.1) is 0 Å². The van der Waals surface area contributed by atoms with Crippen LogP contribution >= 0.6 is 11.3 Å². The van der Waals surface area contributed by atoms with Crippen LogP contribution in [0.2, 0.25) is 0 Å². The number of thiazole rings is 1. The average molecular weight is 307 g/mol. The van der Waals surface area contributed by atoms with Crippen molar-refractivity contribution in [2.75, 3.05) is 18.3 Å². The van der Waals surface area contributed by atoms with Crippen LogP contribution < -0.4 is 4.72 Å². The summed E-state index contributed by atoms with van der Waals surface area (Å²) in [6.45, 7) is 3.84. The van der Waals surface area contributed by atoms with E-state index in [1.54, 1.807) is 5.38 Å². The normalized spacial score (nSPS) is 12.1. The molecule has 0 unspecified atom stereocenters. The summed E-state index contributed by atoms with van der Waals surface area (Å²) >= 11 is 1.20. The lowest BCUT2D eigenvalue weighted by atomic mass is 10.2. The van der Waals surface area contributed by atoms with Gasteiger partial charge in [-0.3, -0.25) is 4.79 Å². The van der Waals surface area contributed by atoms with Crippen molar-refractivity contribution < 1.29 is 18.3 Å². The maximum atomic E-state index is 11.9. The molecule has 9 heteroatoms. The third kappa shape index (κ3) is 4.77. The van der Waals surface area contributed by atoms with Gasteiger partial charge in [-0.15, -0.1) is 11.3 Å². The number of anilines is 1. The molecule has 7 nitrogen and oxygen atoms in total. The molecule has 0 aromatic carbocycles. The number of carbonyl (C=O) groups is 1.